The van der Waals surface area contributed by atoms with Crippen molar-refractivity contribution in [1.29, 1.82) is 0 Å². The highest BCUT2D eigenvalue weighted by molar-refractivity contribution is 5.95. The van der Waals surface area contributed by atoms with Gasteiger partial charge in [-0.3, -0.25) is 24.0 Å². The van der Waals surface area contributed by atoms with Crippen molar-refractivity contribution in [2.75, 3.05) is 17.7 Å². The predicted octanol–water partition coefficient (Wildman–Crippen LogP) is 2.51. The number of rotatable bonds is 9. The summed E-state index contributed by atoms with van der Waals surface area (Å²) < 4.78 is 6.71. The van der Waals surface area contributed by atoms with Gasteiger partial charge in [-0.25, -0.2) is 4.79 Å². The summed E-state index contributed by atoms with van der Waals surface area (Å²) in [7, 11) is 1.55. The SMILES string of the molecule is CCCCn1c(N)c(N(Cc2ccccc2OC)C(=O)CC(C)C)c(=O)[nH]c1=O. The number of hydrogen-bond acceptors (Lipinski definition) is 5. The molecule has 0 atom stereocenters. The number of aromatic nitrogens is 2. The van der Waals surface area contributed by atoms with Crippen LogP contribution in [0.25, 0.3) is 0 Å². The number of hydrogen-bond donors (Lipinski definition) is 2. The number of aromatic amines is 1. The first kappa shape index (κ1) is 22.3. The summed E-state index contributed by atoms with van der Waals surface area (Å²) in [6.45, 7) is 6.32. The molecule has 158 valence electrons. The zero-order chi connectivity index (χ0) is 21.6. The van der Waals surface area contributed by atoms with Crippen molar-refractivity contribution < 1.29 is 9.53 Å². The molecule has 2 aromatic rings. The van der Waals surface area contributed by atoms with Gasteiger partial charge in [0.2, 0.25) is 5.91 Å². The van der Waals surface area contributed by atoms with E-state index in [9.17, 15) is 14.4 Å². The lowest BCUT2D eigenvalue weighted by Gasteiger charge is -2.26. The molecule has 0 spiro atoms. The van der Waals surface area contributed by atoms with Crippen LogP contribution in [0, 0.1) is 5.92 Å². The second-order valence-electron chi connectivity index (χ2n) is 7.39. The third kappa shape index (κ3) is 5.28. The number of nitrogens with zero attached hydrogens (tertiary/aromatic N) is 2. The summed E-state index contributed by atoms with van der Waals surface area (Å²) in [6, 6.07) is 7.27. The monoisotopic (exact) mass is 402 g/mol. The van der Waals surface area contributed by atoms with Crippen LogP contribution in [0.3, 0.4) is 0 Å². The minimum atomic E-state index is -0.674. The molecule has 0 bridgehead atoms. The summed E-state index contributed by atoms with van der Waals surface area (Å²) in [5.41, 5.74) is 5.72. The van der Waals surface area contributed by atoms with E-state index in [4.69, 9.17) is 10.5 Å². The average Bonchev–Trinajstić information content (AvgIpc) is 2.66. The van der Waals surface area contributed by atoms with Gasteiger partial charge < -0.3 is 10.5 Å². The van der Waals surface area contributed by atoms with E-state index in [1.54, 1.807) is 13.2 Å². The highest BCUT2D eigenvalue weighted by Crippen LogP contribution is 2.25. The lowest BCUT2D eigenvalue weighted by atomic mass is 10.1. The topological polar surface area (TPSA) is 110 Å². The minimum absolute atomic E-state index is 0.000737. The molecular weight excluding hydrogens is 372 g/mol. The van der Waals surface area contributed by atoms with Crippen LogP contribution < -0.4 is 26.6 Å². The Morgan fingerprint density at radius 3 is 2.59 bits per heavy atom. The molecule has 0 saturated heterocycles. The van der Waals surface area contributed by atoms with Crippen molar-refractivity contribution in [3.63, 3.8) is 0 Å². The number of para-hydroxylation sites is 1. The lowest BCUT2D eigenvalue weighted by molar-refractivity contribution is -0.119. The van der Waals surface area contributed by atoms with Gasteiger partial charge in [-0.2, -0.15) is 0 Å². The number of methoxy groups -OCH3 is 1. The smallest absolute Gasteiger partial charge is 0.330 e. The number of unbranched alkanes of at least 4 members (excludes halogenated alkanes) is 1. The summed E-state index contributed by atoms with van der Waals surface area (Å²) in [6.07, 6.45) is 1.82. The van der Waals surface area contributed by atoms with Crippen LogP contribution in [0.4, 0.5) is 11.5 Å². The second kappa shape index (κ2) is 9.95. The fraction of sp³-hybridized carbons (Fsp3) is 0.476. The van der Waals surface area contributed by atoms with Crippen LogP contribution in [-0.2, 0) is 17.9 Å². The van der Waals surface area contributed by atoms with Crippen LogP contribution in [0.5, 0.6) is 5.75 Å². The van der Waals surface area contributed by atoms with Gasteiger partial charge >= 0.3 is 5.69 Å². The molecule has 0 saturated carbocycles. The van der Waals surface area contributed by atoms with Crippen molar-refractivity contribution in [3.05, 3.63) is 50.7 Å². The molecule has 0 radical (unpaired) electrons. The maximum absolute atomic E-state index is 13.1. The number of amides is 1. The number of carbonyl (C=O) groups excluding carboxylic acids is 1. The normalized spacial score (nSPS) is 10.9. The van der Waals surface area contributed by atoms with Crippen LogP contribution in [0.1, 0.15) is 45.6 Å². The van der Waals surface area contributed by atoms with E-state index in [0.29, 0.717) is 12.3 Å². The van der Waals surface area contributed by atoms with Gasteiger partial charge in [-0.05, 0) is 18.4 Å². The first-order valence-electron chi connectivity index (χ1n) is 9.84. The quantitative estimate of drug-likeness (QED) is 0.670. The Hall–Kier alpha value is -3.03. The number of carbonyl (C=O) groups is 1. The molecule has 1 aromatic carbocycles. The highest BCUT2D eigenvalue weighted by atomic mass is 16.5. The van der Waals surface area contributed by atoms with Gasteiger partial charge in [-0.1, -0.05) is 45.4 Å². The summed E-state index contributed by atoms with van der Waals surface area (Å²) in [5.74, 6) is 0.445. The third-order valence-corrected chi connectivity index (χ3v) is 4.62. The Balaban J connectivity index is 2.61. The van der Waals surface area contributed by atoms with E-state index in [1.165, 1.54) is 9.47 Å². The van der Waals surface area contributed by atoms with E-state index in [1.807, 2.05) is 39.0 Å². The molecule has 8 nitrogen and oxygen atoms in total. The van der Waals surface area contributed by atoms with Crippen LogP contribution in [-0.4, -0.2) is 22.6 Å². The molecule has 0 aliphatic rings. The molecule has 0 aliphatic carbocycles. The number of nitrogens with one attached hydrogen (secondary N) is 1. The molecule has 29 heavy (non-hydrogen) atoms. The maximum Gasteiger partial charge on any atom is 0.330 e. The van der Waals surface area contributed by atoms with Crippen LogP contribution in [0.2, 0.25) is 0 Å². The molecule has 0 fully saturated rings. The standard InChI is InChI=1S/C21H30N4O4/c1-5-6-11-24-19(22)18(20(27)23-21(24)28)25(17(26)12-14(2)3)13-15-9-7-8-10-16(15)29-4/h7-10,14H,5-6,11-13,22H2,1-4H3,(H,23,27,28). The van der Waals surface area contributed by atoms with Gasteiger partial charge in [0.25, 0.3) is 5.56 Å². The largest absolute Gasteiger partial charge is 0.496 e. The Morgan fingerprint density at radius 2 is 1.97 bits per heavy atom. The minimum Gasteiger partial charge on any atom is -0.496 e. The molecule has 8 heteroatoms. The van der Waals surface area contributed by atoms with Gasteiger partial charge in [0.1, 0.15) is 11.6 Å². The molecule has 3 N–H and O–H groups in total. The average molecular weight is 402 g/mol. The molecule has 2 rings (SSSR count). The fourth-order valence-electron chi connectivity index (χ4n) is 3.13. The van der Waals surface area contributed by atoms with Crippen LogP contribution in [0.15, 0.2) is 33.9 Å². The number of H-pyrrole nitrogens is 1. The Bertz CT molecular complexity index is 962. The zero-order valence-corrected chi connectivity index (χ0v) is 17.5. The Kier molecular flexibility index (Phi) is 7.64. The molecular formula is C21H30N4O4. The van der Waals surface area contributed by atoms with E-state index in [2.05, 4.69) is 4.98 Å². The number of benzene rings is 1. The van der Waals surface area contributed by atoms with Crippen LogP contribution >= 0.6 is 0 Å². The summed E-state index contributed by atoms with van der Waals surface area (Å²) in [4.78, 5) is 41.7. The van der Waals surface area contributed by atoms with Crippen molar-refractivity contribution in [1.82, 2.24) is 9.55 Å². The third-order valence-electron chi connectivity index (χ3n) is 4.62. The molecule has 0 unspecified atom stereocenters. The first-order chi connectivity index (χ1) is 13.8. The van der Waals surface area contributed by atoms with E-state index >= 15 is 0 Å². The van der Waals surface area contributed by atoms with Crippen molar-refractivity contribution in [2.45, 2.75) is 53.1 Å². The Labute approximate surface area is 170 Å². The van der Waals surface area contributed by atoms with Crippen molar-refractivity contribution >= 4 is 17.4 Å². The first-order valence-corrected chi connectivity index (χ1v) is 9.84. The Morgan fingerprint density at radius 1 is 1.28 bits per heavy atom. The van der Waals surface area contributed by atoms with Gasteiger partial charge in [0.05, 0.1) is 13.7 Å². The number of ether oxygens (including phenoxy) is 1. The maximum atomic E-state index is 13.1. The number of nitrogens with two attached hydrogens (primary N) is 1. The van der Waals surface area contributed by atoms with E-state index < -0.39 is 11.2 Å². The highest BCUT2D eigenvalue weighted by Gasteiger charge is 2.25. The second-order valence-corrected chi connectivity index (χ2v) is 7.39. The molecule has 0 aliphatic heterocycles. The fourth-order valence-corrected chi connectivity index (χ4v) is 3.13. The molecule has 1 heterocycles. The number of nitrogen functional groups attached to an aromatic ring is 1. The predicted molar refractivity (Wildman–Crippen MR) is 114 cm³/mol. The van der Waals surface area contributed by atoms with E-state index in [0.717, 1.165) is 18.4 Å². The van der Waals surface area contributed by atoms with E-state index in [-0.39, 0.29) is 36.3 Å². The van der Waals surface area contributed by atoms with Gasteiger partial charge in [0.15, 0.2) is 5.69 Å². The van der Waals surface area contributed by atoms with Crippen molar-refractivity contribution in [2.24, 2.45) is 5.92 Å². The molecule has 1 aromatic heterocycles. The van der Waals surface area contributed by atoms with Gasteiger partial charge in [0, 0.05) is 18.5 Å². The summed E-state index contributed by atoms with van der Waals surface area (Å²) >= 11 is 0. The number of anilines is 2. The molecule has 1 amide bonds. The van der Waals surface area contributed by atoms with Gasteiger partial charge in [-0.15, -0.1) is 0 Å². The van der Waals surface area contributed by atoms with Crippen molar-refractivity contribution in [3.8, 4) is 5.75 Å². The summed E-state index contributed by atoms with van der Waals surface area (Å²) in [5, 5.41) is 0. The zero-order valence-electron chi connectivity index (χ0n) is 17.5. The lowest BCUT2D eigenvalue weighted by Crippen LogP contribution is -2.41.